The van der Waals surface area contributed by atoms with E-state index in [1.54, 1.807) is 0 Å². The number of benzene rings is 1. The molecule has 1 unspecified atom stereocenters. The number of anilines is 2. The zero-order valence-corrected chi connectivity index (χ0v) is 12.6. The highest BCUT2D eigenvalue weighted by Gasteiger charge is 2.16. The zero-order chi connectivity index (χ0) is 14.6. The van der Waals surface area contributed by atoms with Crippen LogP contribution in [0, 0.1) is 0 Å². The Morgan fingerprint density at radius 3 is 2.32 bits per heavy atom. The van der Waals surface area contributed by atoms with E-state index in [-0.39, 0.29) is 11.7 Å². The van der Waals surface area contributed by atoms with Gasteiger partial charge < -0.3 is 10.6 Å². The molecule has 0 aliphatic heterocycles. The first kappa shape index (κ1) is 15.8. The molecular weight excluding hydrogens is 262 g/mol. The second-order valence-corrected chi connectivity index (χ2v) is 6.38. The van der Waals surface area contributed by atoms with E-state index >= 15 is 0 Å². The molecule has 0 radical (unpaired) electrons. The van der Waals surface area contributed by atoms with Gasteiger partial charge in [-0.1, -0.05) is 6.92 Å². The van der Waals surface area contributed by atoms with Gasteiger partial charge in [-0.25, -0.2) is 13.6 Å². The molecular formula is C13H23N3O2S. The number of nitrogen functional groups attached to an aromatic ring is 1. The van der Waals surface area contributed by atoms with E-state index in [1.165, 1.54) is 0 Å². The van der Waals surface area contributed by atoms with Gasteiger partial charge in [-0.2, -0.15) is 0 Å². The van der Waals surface area contributed by atoms with Crippen LogP contribution in [0.5, 0.6) is 0 Å². The first-order valence-corrected chi connectivity index (χ1v) is 8.14. The van der Waals surface area contributed by atoms with Gasteiger partial charge in [0.25, 0.3) is 0 Å². The van der Waals surface area contributed by atoms with Gasteiger partial charge in [0, 0.05) is 24.5 Å². The lowest BCUT2D eigenvalue weighted by molar-refractivity contribution is 0.592. The van der Waals surface area contributed by atoms with E-state index in [0.717, 1.165) is 24.3 Å². The van der Waals surface area contributed by atoms with Crippen LogP contribution in [0.25, 0.3) is 0 Å². The van der Waals surface area contributed by atoms with Crippen LogP contribution in [0.4, 0.5) is 11.4 Å². The van der Waals surface area contributed by atoms with Crippen molar-refractivity contribution in [2.24, 2.45) is 5.14 Å². The zero-order valence-electron chi connectivity index (χ0n) is 11.8. The Labute approximate surface area is 115 Å². The number of hydrogen-bond acceptors (Lipinski definition) is 4. The molecule has 1 rings (SSSR count). The number of hydrogen-bond donors (Lipinski definition) is 2. The third-order valence-electron chi connectivity index (χ3n) is 3.21. The van der Waals surface area contributed by atoms with Crippen LogP contribution in [-0.4, -0.2) is 27.3 Å². The van der Waals surface area contributed by atoms with Crippen LogP contribution >= 0.6 is 0 Å². The molecule has 1 aromatic rings. The summed E-state index contributed by atoms with van der Waals surface area (Å²) in [6.45, 7) is 7.76. The summed E-state index contributed by atoms with van der Waals surface area (Å²) < 4.78 is 22.4. The molecule has 0 heterocycles. The predicted octanol–water partition coefficient (Wildman–Crippen LogP) is 1.51. The molecule has 0 saturated carbocycles. The molecule has 6 heteroatoms. The van der Waals surface area contributed by atoms with Gasteiger partial charge in [-0.05, 0) is 43.5 Å². The van der Waals surface area contributed by atoms with Gasteiger partial charge >= 0.3 is 0 Å². The summed E-state index contributed by atoms with van der Waals surface area (Å²) in [5.41, 5.74) is 8.43. The third-order valence-corrected chi connectivity index (χ3v) is 4.18. The van der Waals surface area contributed by atoms with Crippen molar-refractivity contribution in [1.29, 1.82) is 0 Å². The molecule has 0 aliphatic carbocycles. The molecule has 0 amide bonds. The monoisotopic (exact) mass is 285 g/mol. The fraction of sp³-hybridized carbons (Fsp3) is 0.538. The second kappa shape index (κ2) is 6.25. The summed E-state index contributed by atoms with van der Waals surface area (Å²) in [5, 5.41) is 5.09. The van der Waals surface area contributed by atoms with Crippen molar-refractivity contribution in [3.8, 4) is 0 Å². The van der Waals surface area contributed by atoms with Crippen molar-refractivity contribution >= 4 is 21.4 Å². The third kappa shape index (κ3) is 4.40. The van der Waals surface area contributed by atoms with Crippen molar-refractivity contribution in [1.82, 2.24) is 0 Å². The molecule has 0 aromatic heterocycles. The van der Waals surface area contributed by atoms with E-state index in [1.807, 2.05) is 25.1 Å². The Hall–Kier alpha value is -1.27. The maximum absolute atomic E-state index is 11.2. The van der Waals surface area contributed by atoms with Gasteiger partial charge in [0.15, 0.2) is 0 Å². The van der Waals surface area contributed by atoms with E-state index in [2.05, 4.69) is 18.7 Å². The summed E-state index contributed by atoms with van der Waals surface area (Å²) in [4.78, 5) is 2.19. The van der Waals surface area contributed by atoms with Gasteiger partial charge in [0.2, 0.25) is 10.0 Å². The molecule has 0 saturated heterocycles. The second-order valence-electron chi connectivity index (χ2n) is 4.72. The van der Waals surface area contributed by atoms with E-state index in [4.69, 9.17) is 10.9 Å². The van der Waals surface area contributed by atoms with Crippen molar-refractivity contribution in [3.63, 3.8) is 0 Å². The van der Waals surface area contributed by atoms with Crippen LogP contribution in [-0.2, 0) is 10.0 Å². The summed E-state index contributed by atoms with van der Waals surface area (Å²) in [6, 6.07) is 5.73. The summed E-state index contributed by atoms with van der Waals surface area (Å²) in [6.07, 6.45) is 0. The summed E-state index contributed by atoms with van der Waals surface area (Å²) in [5.74, 6) is -0.315. The lowest BCUT2D eigenvalue weighted by Crippen LogP contribution is -2.23. The Bertz CT molecular complexity index is 525. The average Bonchev–Trinajstić information content (AvgIpc) is 2.30. The molecule has 1 aromatic carbocycles. The molecule has 0 fully saturated rings. The summed E-state index contributed by atoms with van der Waals surface area (Å²) >= 11 is 0. The van der Waals surface area contributed by atoms with Crippen molar-refractivity contribution in [2.45, 2.75) is 26.7 Å². The number of nitrogens with zero attached hydrogens (tertiary/aromatic N) is 1. The smallest absolute Gasteiger partial charge is 0.209 e. The SMILES string of the molecule is CCN(CC)c1ccc(N)c(C(C)CS(N)(=O)=O)c1. The van der Waals surface area contributed by atoms with Gasteiger partial charge in [-0.3, -0.25) is 0 Å². The fourth-order valence-corrected chi connectivity index (χ4v) is 3.09. The lowest BCUT2D eigenvalue weighted by atomic mass is 10.00. The first-order chi connectivity index (χ1) is 8.78. The minimum atomic E-state index is -3.50. The van der Waals surface area contributed by atoms with Crippen molar-refractivity contribution in [2.75, 3.05) is 29.5 Å². The Morgan fingerprint density at radius 2 is 1.84 bits per heavy atom. The number of primary sulfonamides is 1. The quantitative estimate of drug-likeness (QED) is 0.775. The highest BCUT2D eigenvalue weighted by molar-refractivity contribution is 7.89. The standard InChI is InChI=1S/C13H23N3O2S/c1-4-16(5-2)11-6-7-13(14)12(8-11)10(3)9-19(15,17)18/h6-8,10H,4-5,9,14H2,1-3H3,(H2,15,17,18). The van der Waals surface area contributed by atoms with Gasteiger partial charge in [0.05, 0.1) is 5.75 Å². The van der Waals surface area contributed by atoms with Crippen LogP contribution < -0.4 is 15.8 Å². The number of rotatable bonds is 6. The maximum Gasteiger partial charge on any atom is 0.209 e. The highest BCUT2D eigenvalue weighted by Crippen LogP contribution is 2.28. The molecule has 0 aliphatic rings. The number of sulfonamides is 1. The predicted molar refractivity (Wildman–Crippen MR) is 80.8 cm³/mol. The van der Waals surface area contributed by atoms with Gasteiger partial charge in [-0.15, -0.1) is 0 Å². The van der Waals surface area contributed by atoms with E-state index in [0.29, 0.717) is 5.69 Å². The lowest BCUT2D eigenvalue weighted by Gasteiger charge is -2.23. The van der Waals surface area contributed by atoms with Crippen molar-refractivity contribution in [3.05, 3.63) is 23.8 Å². The van der Waals surface area contributed by atoms with Crippen LogP contribution in [0.2, 0.25) is 0 Å². The van der Waals surface area contributed by atoms with E-state index in [9.17, 15) is 8.42 Å². The van der Waals surface area contributed by atoms with Crippen LogP contribution in [0.1, 0.15) is 32.3 Å². The molecule has 1 atom stereocenters. The molecule has 4 N–H and O–H groups in total. The number of nitrogens with two attached hydrogens (primary N) is 2. The highest BCUT2D eigenvalue weighted by atomic mass is 32.2. The molecule has 0 spiro atoms. The normalized spacial score (nSPS) is 13.3. The molecule has 5 nitrogen and oxygen atoms in total. The minimum absolute atomic E-state index is 0.0983. The minimum Gasteiger partial charge on any atom is -0.398 e. The Kier molecular flexibility index (Phi) is 5.20. The van der Waals surface area contributed by atoms with Crippen molar-refractivity contribution < 1.29 is 8.42 Å². The maximum atomic E-state index is 11.2. The molecule has 0 bridgehead atoms. The molecule has 108 valence electrons. The van der Waals surface area contributed by atoms with Gasteiger partial charge in [0.1, 0.15) is 0 Å². The first-order valence-electron chi connectivity index (χ1n) is 6.43. The largest absolute Gasteiger partial charge is 0.398 e. The average molecular weight is 285 g/mol. The topological polar surface area (TPSA) is 89.4 Å². The Balaban J connectivity index is 3.09. The summed E-state index contributed by atoms with van der Waals surface area (Å²) in [7, 11) is -3.50. The van der Waals surface area contributed by atoms with Crippen LogP contribution in [0.3, 0.4) is 0 Å². The Morgan fingerprint density at radius 1 is 1.26 bits per heavy atom. The molecule has 19 heavy (non-hydrogen) atoms. The van der Waals surface area contributed by atoms with E-state index < -0.39 is 10.0 Å². The fourth-order valence-electron chi connectivity index (χ4n) is 2.21. The van der Waals surface area contributed by atoms with Crippen LogP contribution in [0.15, 0.2) is 18.2 Å².